The molecule has 2 unspecified atom stereocenters. The van der Waals surface area contributed by atoms with E-state index in [1.165, 1.54) is 25.7 Å². The molecule has 2 saturated carbocycles. The third kappa shape index (κ3) is 2.08. The van der Waals surface area contributed by atoms with E-state index in [1.54, 1.807) is 0 Å². The lowest BCUT2D eigenvalue weighted by Gasteiger charge is -2.54. The molecule has 0 saturated heterocycles. The van der Waals surface area contributed by atoms with Crippen molar-refractivity contribution in [3.05, 3.63) is 18.2 Å². The maximum atomic E-state index is 5.97. The minimum absolute atomic E-state index is 0.332. The third-order valence-corrected chi connectivity index (χ3v) is 5.40. The van der Waals surface area contributed by atoms with E-state index in [0.717, 1.165) is 30.2 Å². The van der Waals surface area contributed by atoms with Crippen LogP contribution in [0.25, 0.3) is 0 Å². The molecule has 0 aromatic heterocycles. The predicted octanol–water partition coefficient (Wildman–Crippen LogP) is 3.57. The normalized spacial score (nSPS) is 28.6. The fourth-order valence-corrected chi connectivity index (χ4v) is 4.28. The second-order valence-corrected chi connectivity index (χ2v) is 6.38. The van der Waals surface area contributed by atoms with Gasteiger partial charge in [0.25, 0.3) is 0 Å². The second-order valence-electron chi connectivity index (χ2n) is 6.38. The fraction of sp³-hybridized carbons (Fsp3) is 0.647. The van der Waals surface area contributed by atoms with Gasteiger partial charge in [-0.25, -0.2) is 0 Å². The van der Waals surface area contributed by atoms with Crippen LogP contribution in [0.5, 0.6) is 11.5 Å². The van der Waals surface area contributed by atoms with Gasteiger partial charge in [-0.15, -0.1) is 0 Å². The van der Waals surface area contributed by atoms with Gasteiger partial charge in [-0.1, -0.05) is 12.8 Å². The van der Waals surface area contributed by atoms with Crippen LogP contribution in [0, 0.1) is 5.41 Å². The summed E-state index contributed by atoms with van der Waals surface area (Å²) in [6.07, 6.45) is 6.81. The monoisotopic (exact) mass is 289 g/mol. The van der Waals surface area contributed by atoms with Crippen molar-refractivity contribution in [2.75, 3.05) is 18.7 Å². The van der Waals surface area contributed by atoms with Crippen LogP contribution in [-0.2, 0) is 4.74 Å². The molecule has 0 bridgehead atoms. The van der Waals surface area contributed by atoms with E-state index >= 15 is 0 Å². The van der Waals surface area contributed by atoms with Crippen molar-refractivity contribution in [1.82, 2.24) is 0 Å². The minimum atomic E-state index is 0.332. The van der Waals surface area contributed by atoms with Crippen molar-refractivity contribution in [2.24, 2.45) is 5.41 Å². The van der Waals surface area contributed by atoms with Crippen LogP contribution in [0.4, 0.5) is 5.69 Å². The summed E-state index contributed by atoms with van der Waals surface area (Å²) in [5, 5.41) is 3.71. The van der Waals surface area contributed by atoms with Crippen LogP contribution in [0.1, 0.15) is 39.0 Å². The highest BCUT2D eigenvalue weighted by atomic mass is 16.7. The number of nitrogens with one attached hydrogen (secondary N) is 1. The first-order chi connectivity index (χ1) is 10.3. The summed E-state index contributed by atoms with van der Waals surface area (Å²) in [5.41, 5.74) is 1.48. The van der Waals surface area contributed by atoms with Crippen molar-refractivity contribution in [2.45, 2.75) is 51.2 Å². The van der Waals surface area contributed by atoms with Crippen molar-refractivity contribution in [3.8, 4) is 11.5 Å². The van der Waals surface area contributed by atoms with Crippen LogP contribution < -0.4 is 14.8 Å². The number of fused-ring (bicyclic) bond motifs is 1. The smallest absolute Gasteiger partial charge is 0.231 e. The minimum Gasteiger partial charge on any atom is -0.454 e. The van der Waals surface area contributed by atoms with E-state index in [9.17, 15) is 0 Å². The third-order valence-electron chi connectivity index (χ3n) is 5.40. The summed E-state index contributed by atoms with van der Waals surface area (Å²) in [6.45, 7) is 3.25. The van der Waals surface area contributed by atoms with E-state index in [0.29, 0.717) is 24.4 Å². The van der Waals surface area contributed by atoms with Crippen LogP contribution in [0.3, 0.4) is 0 Å². The molecule has 3 aliphatic rings. The van der Waals surface area contributed by atoms with Gasteiger partial charge in [-0.3, -0.25) is 0 Å². The Labute approximate surface area is 125 Å². The first-order valence-electron chi connectivity index (χ1n) is 8.09. The summed E-state index contributed by atoms with van der Waals surface area (Å²) in [7, 11) is 0. The molecule has 1 heterocycles. The average molecular weight is 289 g/mol. The van der Waals surface area contributed by atoms with Crippen molar-refractivity contribution < 1.29 is 14.2 Å². The number of benzene rings is 1. The molecule has 4 heteroatoms. The lowest BCUT2D eigenvalue weighted by molar-refractivity contribution is -0.114. The fourth-order valence-electron chi connectivity index (χ4n) is 4.28. The van der Waals surface area contributed by atoms with E-state index < -0.39 is 0 Å². The summed E-state index contributed by atoms with van der Waals surface area (Å²) in [6, 6.07) is 6.66. The van der Waals surface area contributed by atoms with Gasteiger partial charge in [0.15, 0.2) is 11.5 Å². The summed E-state index contributed by atoms with van der Waals surface area (Å²) in [5.74, 6) is 1.69. The Morgan fingerprint density at radius 2 is 2.05 bits per heavy atom. The molecule has 0 amide bonds. The van der Waals surface area contributed by atoms with E-state index in [4.69, 9.17) is 14.2 Å². The average Bonchev–Trinajstić information content (AvgIpc) is 3.16. The highest BCUT2D eigenvalue weighted by Gasteiger charge is 2.56. The predicted molar refractivity (Wildman–Crippen MR) is 80.9 cm³/mol. The second kappa shape index (κ2) is 5.09. The van der Waals surface area contributed by atoms with Gasteiger partial charge in [0.05, 0.1) is 6.10 Å². The van der Waals surface area contributed by atoms with Crippen LogP contribution in [0.2, 0.25) is 0 Å². The molecule has 1 aromatic rings. The van der Waals surface area contributed by atoms with Gasteiger partial charge in [0, 0.05) is 29.8 Å². The maximum Gasteiger partial charge on any atom is 0.231 e. The summed E-state index contributed by atoms with van der Waals surface area (Å²) >= 11 is 0. The lowest BCUT2D eigenvalue weighted by Crippen LogP contribution is -2.60. The molecule has 1 aliphatic heterocycles. The first-order valence-corrected chi connectivity index (χ1v) is 8.09. The molecular formula is C17H23NO3. The maximum absolute atomic E-state index is 5.97. The van der Waals surface area contributed by atoms with E-state index in [1.807, 2.05) is 6.07 Å². The van der Waals surface area contributed by atoms with Crippen molar-refractivity contribution in [1.29, 1.82) is 0 Å². The molecule has 2 aliphatic carbocycles. The van der Waals surface area contributed by atoms with E-state index in [2.05, 4.69) is 24.4 Å². The molecule has 2 fully saturated rings. The molecule has 4 rings (SSSR count). The molecule has 0 radical (unpaired) electrons. The Bertz CT molecular complexity index is 525. The number of anilines is 1. The molecular weight excluding hydrogens is 266 g/mol. The Kier molecular flexibility index (Phi) is 3.21. The number of ether oxygens (including phenoxy) is 3. The largest absolute Gasteiger partial charge is 0.454 e. The highest BCUT2D eigenvalue weighted by Crippen LogP contribution is 2.55. The van der Waals surface area contributed by atoms with Gasteiger partial charge in [-0.2, -0.15) is 0 Å². The number of rotatable bonds is 4. The van der Waals surface area contributed by atoms with Crippen LogP contribution in [0.15, 0.2) is 18.2 Å². The number of hydrogen-bond acceptors (Lipinski definition) is 4. The quantitative estimate of drug-likeness (QED) is 0.920. The van der Waals surface area contributed by atoms with Gasteiger partial charge < -0.3 is 19.5 Å². The van der Waals surface area contributed by atoms with E-state index in [-0.39, 0.29) is 0 Å². The van der Waals surface area contributed by atoms with Crippen molar-refractivity contribution in [3.63, 3.8) is 0 Å². The van der Waals surface area contributed by atoms with Crippen LogP contribution in [-0.4, -0.2) is 25.5 Å². The first kappa shape index (κ1) is 13.3. The van der Waals surface area contributed by atoms with Gasteiger partial charge >= 0.3 is 0 Å². The molecule has 114 valence electrons. The van der Waals surface area contributed by atoms with Gasteiger partial charge in [0.1, 0.15) is 0 Å². The molecule has 1 spiro atoms. The summed E-state index contributed by atoms with van der Waals surface area (Å²) < 4.78 is 16.8. The Morgan fingerprint density at radius 1 is 1.24 bits per heavy atom. The molecule has 1 aromatic carbocycles. The topological polar surface area (TPSA) is 39.7 Å². The highest BCUT2D eigenvalue weighted by molar-refractivity contribution is 5.56. The van der Waals surface area contributed by atoms with Crippen molar-refractivity contribution >= 4 is 5.69 Å². The zero-order chi connectivity index (χ0) is 14.3. The van der Waals surface area contributed by atoms with Crippen LogP contribution >= 0.6 is 0 Å². The van der Waals surface area contributed by atoms with Gasteiger partial charge in [-0.05, 0) is 38.3 Å². The molecule has 21 heavy (non-hydrogen) atoms. The zero-order valence-corrected chi connectivity index (χ0v) is 12.6. The Hall–Kier alpha value is -1.42. The molecule has 2 atom stereocenters. The summed E-state index contributed by atoms with van der Waals surface area (Å²) in [4.78, 5) is 0. The van der Waals surface area contributed by atoms with Gasteiger partial charge in [0.2, 0.25) is 6.79 Å². The standard InChI is InChI=1S/C17H23NO3/c1-2-19-16-10-15(17(16)7-3-4-8-17)18-12-5-6-13-14(9-12)21-11-20-13/h5-6,9,15-16,18H,2-4,7-8,10-11H2,1H3. The molecule has 1 N–H and O–H groups in total. The Morgan fingerprint density at radius 3 is 2.86 bits per heavy atom. The zero-order valence-electron chi connectivity index (χ0n) is 12.6. The number of hydrogen-bond donors (Lipinski definition) is 1. The SMILES string of the molecule is CCOC1CC(Nc2ccc3c(c2)OCO3)C12CCCC2. The Balaban J connectivity index is 1.49. The lowest BCUT2D eigenvalue weighted by atomic mass is 9.60. The molecule has 4 nitrogen and oxygen atoms in total.